The summed E-state index contributed by atoms with van der Waals surface area (Å²) in [4.78, 5) is 8.27. The highest BCUT2D eigenvalue weighted by atomic mass is 32.1. The number of rotatable bonds is 3. The summed E-state index contributed by atoms with van der Waals surface area (Å²) in [7, 11) is 0. The van der Waals surface area contributed by atoms with E-state index in [1.165, 1.54) is 23.2 Å². The van der Waals surface area contributed by atoms with Gasteiger partial charge in [0.1, 0.15) is 10.5 Å². The van der Waals surface area contributed by atoms with Crippen LogP contribution in [0.3, 0.4) is 0 Å². The first-order valence-electron chi connectivity index (χ1n) is 7.33. The van der Waals surface area contributed by atoms with Crippen molar-refractivity contribution >= 4 is 12.2 Å². The van der Waals surface area contributed by atoms with Gasteiger partial charge >= 0.3 is 0 Å². The normalized spacial score (nSPS) is 16.7. The van der Waals surface area contributed by atoms with Crippen LogP contribution < -0.4 is 0 Å². The van der Waals surface area contributed by atoms with Crippen LogP contribution in [0.4, 0.5) is 0 Å². The van der Waals surface area contributed by atoms with Crippen LogP contribution in [0, 0.1) is 11.6 Å². The van der Waals surface area contributed by atoms with Gasteiger partial charge in [0, 0.05) is 11.3 Å². The lowest BCUT2D eigenvalue weighted by molar-refractivity contribution is 0.284. The Hall–Kier alpha value is -1.48. The average molecular weight is 284 g/mol. The predicted octanol–water partition coefficient (Wildman–Crippen LogP) is 4.48. The van der Waals surface area contributed by atoms with Crippen molar-refractivity contribution in [2.75, 3.05) is 0 Å². The third-order valence-electron chi connectivity index (χ3n) is 4.57. The lowest BCUT2D eigenvalue weighted by Crippen LogP contribution is -2.37. The van der Waals surface area contributed by atoms with Crippen LogP contribution in [0.25, 0.3) is 0 Å². The monoisotopic (exact) mass is 284 g/mol. The van der Waals surface area contributed by atoms with Crippen molar-refractivity contribution in [3.63, 3.8) is 0 Å². The molecule has 1 aliphatic carbocycles. The van der Waals surface area contributed by atoms with E-state index in [1.54, 1.807) is 0 Å². The van der Waals surface area contributed by atoms with Gasteiger partial charge in [-0.1, -0.05) is 55.9 Å². The van der Waals surface area contributed by atoms with Crippen LogP contribution in [0.5, 0.6) is 0 Å². The predicted molar refractivity (Wildman–Crippen MR) is 84.6 cm³/mol. The fourth-order valence-corrected chi connectivity index (χ4v) is 3.59. The van der Waals surface area contributed by atoms with Crippen LogP contribution in [-0.2, 0) is 11.8 Å². The summed E-state index contributed by atoms with van der Waals surface area (Å²) in [5, 5.41) is 0. The highest BCUT2D eigenvalue weighted by Gasteiger charge is 2.42. The maximum atomic E-state index is 5.49. The van der Waals surface area contributed by atoms with Gasteiger partial charge in [0.25, 0.3) is 0 Å². The lowest BCUT2D eigenvalue weighted by Gasteiger charge is -2.41. The van der Waals surface area contributed by atoms with Crippen LogP contribution in [-0.4, -0.2) is 9.97 Å². The fourth-order valence-electron chi connectivity index (χ4n) is 3.20. The number of hydrogen-bond acceptors (Lipinski definition) is 2. The molecule has 1 aromatic carbocycles. The number of aromatic amines is 1. The summed E-state index contributed by atoms with van der Waals surface area (Å²) in [6, 6.07) is 10.7. The van der Waals surface area contributed by atoms with E-state index >= 15 is 0 Å². The number of aryl methyl sites for hydroxylation is 1. The van der Waals surface area contributed by atoms with E-state index < -0.39 is 0 Å². The summed E-state index contributed by atoms with van der Waals surface area (Å²) in [5.74, 6) is 1.05. The molecule has 104 valence electrons. The largest absolute Gasteiger partial charge is 0.346 e. The zero-order chi connectivity index (χ0) is 14.2. The minimum atomic E-state index is 0.0475. The molecule has 0 aliphatic heterocycles. The Kier molecular flexibility index (Phi) is 3.47. The molecule has 2 aromatic rings. The van der Waals surface area contributed by atoms with Gasteiger partial charge in [0.2, 0.25) is 0 Å². The summed E-state index contributed by atoms with van der Waals surface area (Å²) in [5.41, 5.74) is 3.75. The second-order valence-corrected chi connectivity index (χ2v) is 6.04. The zero-order valence-corrected chi connectivity index (χ0v) is 12.9. The summed E-state index contributed by atoms with van der Waals surface area (Å²) >= 11 is 5.49. The van der Waals surface area contributed by atoms with E-state index in [2.05, 4.69) is 49.2 Å². The third-order valence-corrected chi connectivity index (χ3v) is 4.91. The summed E-state index contributed by atoms with van der Waals surface area (Å²) in [6.45, 7) is 4.24. The van der Waals surface area contributed by atoms with Crippen LogP contribution in [0.2, 0.25) is 0 Å². The molecule has 0 radical (unpaired) electrons. The maximum absolute atomic E-state index is 5.49. The molecule has 1 aliphatic rings. The molecule has 0 amide bonds. The molecule has 3 heteroatoms. The molecule has 20 heavy (non-hydrogen) atoms. The second-order valence-electron chi connectivity index (χ2n) is 5.65. The van der Waals surface area contributed by atoms with Gasteiger partial charge < -0.3 is 4.98 Å². The van der Waals surface area contributed by atoms with E-state index in [9.17, 15) is 0 Å². The topological polar surface area (TPSA) is 28.7 Å². The quantitative estimate of drug-likeness (QED) is 0.842. The number of benzene rings is 1. The van der Waals surface area contributed by atoms with E-state index in [0.29, 0.717) is 0 Å². The van der Waals surface area contributed by atoms with Crippen molar-refractivity contribution in [1.29, 1.82) is 0 Å². The van der Waals surface area contributed by atoms with Crippen molar-refractivity contribution in [1.82, 2.24) is 9.97 Å². The van der Waals surface area contributed by atoms with E-state index in [4.69, 9.17) is 17.2 Å². The van der Waals surface area contributed by atoms with Crippen molar-refractivity contribution in [3.05, 3.63) is 57.6 Å². The molecule has 1 N–H and O–H groups in total. The molecule has 1 fully saturated rings. The standard InChI is InChI=1S/C17H20N2S/c1-3-14-12(2)18-16(19-15(14)20)17(10-7-11-17)13-8-5-4-6-9-13/h4-6,8-9H,3,7,10-11H2,1-2H3,(H,18,19,20). The maximum Gasteiger partial charge on any atom is 0.133 e. The highest BCUT2D eigenvalue weighted by Crippen LogP contribution is 2.47. The van der Waals surface area contributed by atoms with Gasteiger partial charge in [-0.3, -0.25) is 0 Å². The van der Waals surface area contributed by atoms with Crippen LogP contribution in [0.15, 0.2) is 30.3 Å². The Morgan fingerprint density at radius 1 is 1.25 bits per heavy atom. The van der Waals surface area contributed by atoms with E-state index in [1.807, 2.05) is 0 Å². The molecule has 0 unspecified atom stereocenters. The number of nitrogens with one attached hydrogen (secondary N) is 1. The minimum absolute atomic E-state index is 0.0475. The fraction of sp³-hybridized carbons (Fsp3) is 0.412. The third kappa shape index (κ3) is 2.01. The first kappa shape index (κ1) is 13.5. The van der Waals surface area contributed by atoms with Crippen molar-refractivity contribution in [2.24, 2.45) is 0 Å². The van der Waals surface area contributed by atoms with Crippen molar-refractivity contribution < 1.29 is 0 Å². The Morgan fingerprint density at radius 3 is 2.45 bits per heavy atom. The first-order chi connectivity index (χ1) is 9.67. The van der Waals surface area contributed by atoms with E-state index in [-0.39, 0.29) is 5.41 Å². The molecule has 1 saturated carbocycles. The number of H-pyrrole nitrogens is 1. The van der Waals surface area contributed by atoms with Gasteiger partial charge in [-0.15, -0.1) is 0 Å². The number of aromatic nitrogens is 2. The molecule has 1 aromatic heterocycles. The summed E-state index contributed by atoms with van der Waals surface area (Å²) in [6.07, 6.45) is 4.50. The summed E-state index contributed by atoms with van der Waals surface area (Å²) < 4.78 is 0.765. The van der Waals surface area contributed by atoms with Gasteiger partial charge in [-0.25, -0.2) is 4.98 Å². The molecule has 0 bridgehead atoms. The van der Waals surface area contributed by atoms with Gasteiger partial charge in [-0.05, 0) is 31.7 Å². The lowest BCUT2D eigenvalue weighted by atomic mass is 9.64. The molecular weight excluding hydrogens is 264 g/mol. The van der Waals surface area contributed by atoms with Crippen molar-refractivity contribution in [2.45, 2.75) is 44.9 Å². The molecule has 1 heterocycles. The van der Waals surface area contributed by atoms with Gasteiger partial charge in [0.05, 0.1) is 5.41 Å². The number of hydrogen-bond donors (Lipinski definition) is 1. The molecule has 0 spiro atoms. The minimum Gasteiger partial charge on any atom is -0.346 e. The Labute approximate surface area is 125 Å². The Bertz CT molecular complexity index is 669. The van der Waals surface area contributed by atoms with E-state index in [0.717, 1.165) is 29.7 Å². The SMILES string of the molecule is CCc1c(C)[nH]c(C2(c3ccccc3)CCC2)nc1=S. The molecule has 0 atom stereocenters. The van der Waals surface area contributed by atoms with Gasteiger partial charge in [-0.2, -0.15) is 0 Å². The molecule has 0 saturated heterocycles. The average Bonchev–Trinajstić information content (AvgIpc) is 2.38. The van der Waals surface area contributed by atoms with Gasteiger partial charge in [0.15, 0.2) is 0 Å². The number of nitrogens with zero attached hydrogens (tertiary/aromatic N) is 1. The van der Waals surface area contributed by atoms with Crippen molar-refractivity contribution in [3.8, 4) is 0 Å². The molecular formula is C17H20N2S. The highest BCUT2D eigenvalue weighted by molar-refractivity contribution is 7.71. The van der Waals surface area contributed by atoms with Crippen LogP contribution >= 0.6 is 12.2 Å². The Balaban J connectivity index is 2.14. The molecule has 3 rings (SSSR count). The Morgan fingerprint density at radius 2 is 1.95 bits per heavy atom. The second kappa shape index (κ2) is 5.13. The zero-order valence-electron chi connectivity index (χ0n) is 12.1. The molecule has 2 nitrogen and oxygen atoms in total. The smallest absolute Gasteiger partial charge is 0.133 e. The first-order valence-corrected chi connectivity index (χ1v) is 7.74. The van der Waals surface area contributed by atoms with Crippen LogP contribution in [0.1, 0.15) is 48.8 Å².